The molecule has 4 nitrogen and oxygen atoms in total. The zero-order valence-corrected chi connectivity index (χ0v) is 14.5. The Hall–Kier alpha value is -2.11. The van der Waals surface area contributed by atoms with E-state index in [1.165, 1.54) is 20.8 Å². The number of halogens is 8. The van der Waals surface area contributed by atoms with Crippen LogP contribution in [0.5, 0.6) is 5.75 Å². The van der Waals surface area contributed by atoms with Crippen molar-refractivity contribution in [2.24, 2.45) is 0 Å². The van der Waals surface area contributed by atoms with Crippen molar-refractivity contribution in [2.45, 2.75) is 56.0 Å². The topological polar surface area (TPSA) is 50.9 Å². The number of amides is 1. The highest BCUT2D eigenvalue weighted by molar-refractivity contribution is 5.83. The molecule has 12 heteroatoms. The summed E-state index contributed by atoms with van der Waals surface area (Å²) in [4.78, 5) is 11.4. The van der Waals surface area contributed by atoms with Crippen molar-refractivity contribution in [3.63, 3.8) is 0 Å². The Balaban J connectivity index is 2.09. The summed E-state index contributed by atoms with van der Waals surface area (Å²) in [6.45, 7) is 3.74. The van der Waals surface area contributed by atoms with Crippen LogP contribution in [0.2, 0.25) is 0 Å². The molecule has 2 aliphatic heterocycles. The van der Waals surface area contributed by atoms with E-state index in [1.54, 1.807) is 5.32 Å². The number of hydrogen-bond donors (Lipinski definition) is 1. The quantitative estimate of drug-likeness (QED) is 0.580. The molecule has 0 bridgehead atoms. The highest BCUT2D eigenvalue weighted by Crippen LogP contribution is 2.65. The van der Waals surface area contributed by atoms with Crippen LogP contribution >= 0.6 is 0 Å². The van der Waals surface area contributed by atoms with Crippen molar-refractivity contribution in [3.05, 3.63) is 29.3 Å². The van der Waals surface area contributed by atoms with Gasteiger partial charge in [0, 0.05) is 11.1 Å². The Morgan fingerprint density at radius 3 is 2.07 bits per heavy atom. The molecule has 1 saturated heterocycles. The van der Waals surface area contributed by atoms with Crippen molar-refractivity contribution in [1.29, 1.82) is 0 Å². The number of rotatable bonds is 2. The molecule has 2 unspecified atom stereocenters. The summed E-state index contributed by atoms with van der Waals surface area (Å²) in [5.41, 5.74) is -7.30. The molecule has 1 aromatic rings. The molecule has 2 atom stereocenters. The molecule has 1 N–H and O–H groups in total. The number of carbonyl (C=O) groups excluding carboxylic acids is 1. The maximum atomic E-state index is 13.7. The molecule has 1 fully saturated rings. The second-order valence-corrected chi connectivity index (χ2v) is 7.16. The Labute approximate surface area is 152 Å². The van der Waals surface area contributed by atoms with Gasteiger partial charge in [-0.05, 0) is 39.0 Å². The minimum Gasteiger partial charge on any atom is -0.482 e. The first kappa shape index (κ1) is 20.6. The first-order chi connectivity index (χ1) is 12.4. The minimum atomic E-state index is -5.89. The maximum absolute atomic E-state index is 13.7. The van der Waals surface area contributed by atoms with Crippen LogP contribution in [-0.4, -0.2) is 29.6 Å². The average molecular weight is 419 g/mol. The lowest BCUT2D eigenvalue weighted by molar-refractivity contribution is -0.289. The van der Waals surface area contributed by atoms with Crippen molar-refractivity contribution in [3.8, 4) is 5.75 Å². The van der Waals surface area contributed by atoms with E-state index >= 15 is 0 Å². The molecule has 1 aromatic carbocycles. The number of carbonyl (C=O) groups is 1. The van der Waals surface area contributed by atoms with Gasteiger partial charge in [-0.15, -0.1) is 0 Å². The summed E-state index contributed by atoms with van der Waals surface area (Å²) in [6, 6.07) is 1.82. The maximum Gasteiger partial charge on any atom is 0.471 e. The Kier molecular flexibility index (Phi) is 3.89. The number of ether oxygens (including phenoxy) is 2. The molecular weight excluding hydrogens is 406 g/mol. The van der Waals surface area contributed by atoms with Gasteiger partial charge in [0.1, 0.15) is 11.4 Å². The lowest BCUT2D eigenvalue weighted by Gasteiger charge is -2.40. The largest absolute Gasteiger partial charge is 0.482 e. The van der Waals surface area contributed by atoms with Gasteiger partial charge in [-0.2, -0.15) is 35.1 Å². The molecule has 1 amide bonds. The van der Waals surface area contributed by atoms with E-state index < -0.39 is 46.7 Å². The molecule has 0 aliphatic carbocycles. The standard InChI is InChI=1S/C16H13F8NO3/c1-11(2)15(25-10(26)14(19,20)21)12(3,28-15)8-6-7(4-5-9(8)27-11)13(17,18)16(22,23)24/h4-6H,1-3H3,(H,25,26). The second-order valence-electron chi connectivity index (χ2n) is 7.16. The number of fused-ring (bicyclic) bond motifs is 3. The Morgan fingerprint density at radius 1 is 1.00 bits per heavy atom. The molecule has 2 aliphatic rings. The highest BCUT2D eigenvalue weighted by Gasteiger charge is 2.81. The van der Waals surface area contributed by atoms with Crippen LogP contribution in [0.15, 0.2) is 18.2 Å². The van der Waals surface area contributed by atoms with Crippen molar-refractivity contribution < 1.29 is 49.4 Å². The lowest BCUT2D eigenvalue weighted by Crippen LogP contribution is -2.62. The molecule has 0 aromatic heterocycles. The third kappa shape index (κ3) is 2.56. The van der Waals surface area contributed by atoms with Gasteiger partial charge in [0.25, 0.3) is 0 Å². The van der Waals surface area contributed by atoms with Crippen LogP contribution in [0.25, 0.3) is 0 Å². The predicted molar refractivity (Wildman–Crippen MR) is 76.5 cm³/mol. The number of alkyl halides is 8. The molecule has 0 spiro atoms. The smallest absolute Gasteiger partial charge is 0.471 e. The molecule has 0 radical (unpaired) electrons. The Morgan fingerprint density at radius 2 is 1.57 bits per heavy atom. The van der Waals surface area contributed by atoms with E-state index in [2.05, 4.69) is 0 Å². The third-order valence-electron chi connectivity index (χ3n) is 4.96. The summed E-state index contributed by atoms with van der Waals surface area (Å²) >= 11 is 0. The minimum absolute atomic E-state index is 0.149. The van der Waals surface area contributed by atoms with E-state index in [0.29, 0.717) is 12.1 Å². The van der Waals surface area contributed by atoms with E-state index in [1.807, 2.05) is 0 Å². The van der Waals surface area contributed by atoms with Gasteiger partial charge in [0.15, 0.2) is 5.60 Å². The van der Waals surface area contributed by atoms with Crippen LogP contribution < -0.4 is 10.1 Å². The lowest BCUT2D eigenvalue weighted by atomic mass is 9.79. The molecule has 2 heterocycles. The predicted octanol–water partition coefficient (Wildman–Crippen LogP) is 4.13. The van der Waals surface area contributed by atoms with Gasteiger partial charge in [0.2, 0.25) is 5.72 Å². The van der Waals surface area contributed by atoms with E-state index in [0.717, 1.165) is 6.07 Å². The van der Waals surface area contributed by atoms with Gasteiger partial charge in [0.05, 0.1) is 0 Å². The van der Waals surface area contributed by atoms with E-state index in [4.69, 9.17) is 9.47 Å². The summed E-state index contributed by atoms with van der Waals surface area (Å²) in [6.07, 6.45) is -11.2. The second kappa shape index (κ2) is 5.28. The van der Waals surface area contributed by atoms with Crippen molar-refractivity contribution in [1.82, 2.24) is 5.32 Å². The van der Waals surface area contributed by atoms with Crippen LogP contribution in [0.3, 0.4) is 0 Å². The van der Waals surface area contributed by atoms with Crippen molar-refractivity contribution in [2.75, 3.05) is 0 Å². The average Bonchev–Trinajstić information content (AvgIpc) is 3.13. The highest BCUT2D eigenvalue weighted by atomic mass is 19.4. The first-order valence-corrected chi connectivity index (χ1v) is 7.77. The number of nitrogens with one attached hydrogen (secondary N) is 1. The fourth-order valence-electron chi connectivity index (χ4n) is 3.45. The SMILES string of the molecule is CC1(C)Oc2ccc(C(F)(F)C(F)(F)F)cc2C2(C)OC12NC(=O)C(F)(F)F. The molecule has 3 rings (SSSR count). The van der Waals surface area contributed by atoms with E-state index in [-0.39, 0.29) is 11.3 Å². The summed E-state index contributed by atoms with van der Waals surface area (Å²) < 4.78 is 114. The normalized spacial score (nSPS) is 28.7. The molecule has 156 valence electrons. The van der Waals surface area contributed by atoms with E-state index in [9.17, 15) is 39.9 Å². The number of epoxide rings is 1. The zero-order chi connectivity index (χ0) is 21.6. The molecule has 0 saturated carbocycles. The van der Waals surface area contributed by atoms with Crippen LogP contribution in [0, 0.1) is 0 Å². The van der Waals surface area contributed by atoms with Gasteiger partial charge >= 0.3 is 24.2 Å². The zero-order valence-electron chi connectivity index (χ0n) is 14.5. The summed E-state index contributed by atoms with van der Waals surface area (Å²) in [5.74, 6) is -7.73. The van der Waals surface area contributed by atoms with Crippen LogP contribution in [0.1, 0.15) is 31.9 Å². The number of benzene rings is 1. The van der Waals surface area contributed by atoms with Crippen LogP contribution in [-0.2, 0) is 21.1 Å². The Bertz CT molecular complexity index is 847. The van der Waals surface area contributed by atoms with Crippen LogP contribution in [0.4, 0.5) is 35.1 Å². The fraction of sp³-hybridized carbons (Fsp3) is 0.562. The van der Waals surface area contributed by atoms with Crippen molar-refractivity contribution >= 4 is 5.91 Å². The fourth-order valence-corrected chi connectivity index (χ4v) is 3.45. The van der Waals surface area contributed by atoms with Gasteiger partial charge in [-0.3, -0.25) is 4.79 Å². The van der Waals surface area contributed by atoms with Gasteiger partial charge < -0.3 is 14.8 Å². The molecule has 28 heavy (non-hydrogen) atoms. The van der Waals surface area contributed by atoms with Gasteiger partial charge in [-0.1, -0.05) is 0 Å². The summed E-state index contributed by atoms with van der Waals surface area (Å²) in [5, 5.41) is 1.65. The molecular formula is C16H13F8NO3. The number of hydrogen-bond acceptors (Lipinski definition) is 3. The first-order valence-electron chi connectivity index (χ1n) is 7.77. The third-order valence-corrected chi connectivity index (χ3v) is 4.96. The summed E-state index contributed by atoms with van der Waals surface area (Å²) in [7, 11) is 0. The van der Waals surface area contributed by atoms with Gasteiger partial charge in [-0.25, -0.2) is 0 Å². The monoisotopic (exact) mass is 419 g/mol.